The minimum atomic E-state index is -4.14. The first-order chi connectivity index (χ1) is 18.6. The van der Waals surface area contributed by atoms with Crippen LogP contribution in [0, 0.1) is 13.8 Å². The second-order valence-electron chi connectivity index (χ2n) is 9.35. The normalized spacial score (nSPS) is 12.0. The number of likely N-dealkylation sites (N-methyl/N-ethyl adjacent to an activating group) is 1. The van der Waals surface area contributed by atoms with Crippen LogP contribution in [0.3, 0.4) is 0 Å². The van der Waals surface area contributed by atoms with Gasteiger partial charge < -0.3 is 10.2 Å². The smallest absolute Gasteiger partial charge is 0.264 e. The highest BCUT2D eigenvalue weighted by atomic mass is 35.5. The fourth-order valence-corrected chi connectivity index (χ4v) is 6.05. The van der Waals surface area contributed by atoms with Gasteiger partial charge in [0.1, 0.15) is 12.6 Å². The summed E-state index contributed by atoms with van der Waals surface area (Å²) in [5, 5.41) is 3.20. The summed E-state index contributed by atoms with van der Waals surface area (Å²) in [5.41, 5.74) is 2.77. The molecule has 2 amide bonds. The molecule has 0 saturated carbocycles. The predicted molar refractivity (Wildman–Crippen MR) is 157 cm³/mol. The highest BCUT2D eigenvalue weighted by molar-refractivity contribution is 7.92. The number of nitrogens with one attached hydrogen (secondary N) is 1. The topological polar surface area (TPSA) is 86.8 Å². The van der Waals surface area contributed by atoms with Gasteiger partial charge in [0.05, 0.1) is 10.6 Å². The number of rotatable bonds is 12. The van der Waals surface area contributed by atoms with E-state index in [1.165, 1.54) is 17.0 Å². The molecule has 0 aliphatic carbocycles. The Morgan fingerprint density at radius 2 is 1.59 bits per heavy atom. The number of hydrogen-bond donors (Lipinski definition) is 1. The van der Waals surface area contributed by atoms with Crippen LogP contribution in [0.2, 0.25) is 5.02 Å². The predicted octanol–water partition coefficient (Wildman–Crippen LogP) is 5.14. The standard InChI is InChI=1S/C30H36ClN3O4S/c1-5-27(30(36)32-6-2)33(20-19-24-11-8-7-9-12-24)29(35)21-34(28-14-10-13-26(31)23(28)4)39(37,38)25-17-15-22(3)16-18-25/h7-18,27H,5-6,19-21H2,1-4H3,(H,32,36)/t27-/m1/s1. The minimum absolute atomic E-state index is 0.0619. The molecule has 0 bridgehead atoms. The molecule has 0 spiro atoms. The van der Waals surface area contributed by atoms with E-state index in [0.29, 0.717) is 35.7 Å². The number of nitrogens with zero attached hydrogens (tertiary/aromatic N) is 2. The van der Waals surface area contributed by atoms with Gasteiger partial charge in [-0.05, 0) is 69.0 Å². The van der Waals surface area contributed by atoms with Crippen LogP contribution in [-0.4, -0.2) is 50.8 Å². The number of benzene rings is 3. The van der Waals surface area contributed by atoms with Crippen molar-refractivity contribution in [3.63, 3.8) is 0 Å². The zero-order valence-electron chi connectivity index (χ0n) is 22.9. The van der Waals surface area contributed by atoms with E-state index < -0.39 is 28.5 Å². The molecule has 208 valence electrons. The zero-order valence-corrected chi connectivity index (χ0v) is 24.4. The van der Waals surface area contributed by atoms with Gasteiger partial charge in [0.25, 0.3) is 10.0 Å². The molecule has 3 rings (SSSR count). The van der Waals surface area contributed by atoms with E-state index in [-0.39, 0.29) is 17.3 Å². The zero-order chi connectivity index (χ0) is 28.6. The van der Waals surface area contributed by atoms with Crippen LogP contribution in [0.5, 0.6) is 0 Å². The Kier molecular flexibility index (Phi) is 10.5. The van der Waals surface area contributed by atoms with Crippen molar-refractivity contribution in [1.29, 1.82) is 0 Å². The summed E-state index contributed by atoms with van der Waals surface area (Å²) in [4.78, 5) is 28.5. The van der Waals surface area contributed by atoms with Crippen LogP contribution in [0.25, 0.3) is 0 Å². The lowest BCUT2D eigenvalue weighted by Crippen LogP contribution is -2.53. The Bertz CT molecular complexity index is 1380. The van der Waals surface area contributed by atoms with Gasteiger partial charge in [0, 0.05) is 18.1 Å². The molecule has 0 radical (unpaired) electrons. The van der Waals surface area contributed by atoms with Gasteiger partial charge >= 0.3 is 0 Å². The van der Waals surface area contributed by atoms with Gasteiger partial charge in [0.2, 0.25) is 11.8 Å². The second-order valence-corrected chi connectivity index (χ2v) is 11.6. The Morgan fingerprint density at radius 1 is 0.923 bits per heavy atom. The average Bonchev–Trinajstić information content (AvgIpc) is 2.92. The Labute approximate surface area is 236 Å². The summed E-state index contributed by atoms with van der Waals surface area (Å²) in [6.07, 6.45) is 0.899. The lowest BCUT2D eigenvalue weighted by molar-refractivity contribution is -0.139. The molecule has 0 saturated heterocycles. The molecule has 0 aliphatic heterocycles. The first-order valence-corrected chi connectivity index (χ1v) is 14.9. The van der Waals surface area contributed by atoms with E-state index >= 15 is 0 Å². The molecule has 39 heavy (non-hydrogen) atoms. The van der Waals surface area contributed by atoms with Crippen molar-refractivity contribution >= 4 is 39.1 Å². The van der Waals surface area contributed by atoms with E-state index in [0.717, 1.165) is 15.4 Å². The lowest BCUT2D eigenvalue weighted by Gasteiger charge is -2.33. The molecule has 3 aromatic rings. The maximum absolute atomic E-state index is 14.0. The van der Waals surface area contributed by atoms with E-state index in [4.69, 9.17) is 11.6 Å². The van der Waals surface area contributed by atoms with Crippen molar-refractivity contribution in [3.8, 4) is 0 Å². The van der Waals surface area contributed by atoms with Crippen LogP contribution in [-0.2, 0) is 26.0 Å². The van der Waals surface area contributed by atoms with Crippen molar-refractivity contribution in [1.82, 2.24) is 10.2 Å². The fraction of sp³-hybridized carbons (Fsp3) is 0.333. The highest BCUT2D eigenvalue weighted by Crippen LogP contribution is 2.31. The van der Waals surface area contributed by atoms with Crippen molar-refractivity contribution in [3.05, 3.63) is 94.5 Å². The Hall–Kier alpha value is -3.36. The molecule has 1 atom stereocenters. The summed E-state index contributed by atoms with van der Waals surface area (Å²) in [5.74, 6) is -0.743. The number of amides is 2. The SMILES string of the molecule is CCNC(=O)[C@@H](CC)N(CCc1ccccc1)C(=O)CN(c1cccc(Cl)c1C)S(=O)(=O)c1ccc(C)cc1. The monoisotopic (exact) mass is 569 g/mol. The van der Waals surface area contributed by atoms with E-state index in [9.17, 15) is 18.0 Å². The first-order valence-electron chi connectivity index (χ1n) is 13.1. The lowest BCUT2D eigenvalue weighted by atomic mass is 10.1. The molecule has 0 fully saturated rings. The number of aryl methyl sites for hydroxylation is 1. The number of halogens is 1. The van der Waals surface area contributed by atoms with Crippen molar-refractivity contribution < 1.29 is 18.0 Å². The molecule has 7 nitrogen and oxygen atoms in total. The third-order valence-corrected chi connectivity index (χ3v) is 8.80. The third-order valence-electron chi connectivity index (χ3n) is 6.62. The molecule has 0 heterocycles. The molecule has 0 aliphatic rings. The molecular formula is C30H36ClN3O4S. The van der Waals surface area contributed by atoms with Gasteiger partial charge in [-0.1, -0.05) is 72.6 Å². The molecule has 1 N–H and O–H groups in total. The molecule has 0 aromatic heterocycles. The number of sulfonamides is 1. The fourth-order valence-electron chi connectivity index (χ4n) is 4.40. The number of carbonyl (C=O) groups excluding carboxylic acids is 2. The number of carbonyl (C=O) groups is 2. The summed E-state index contributed by atoms with van der Waals surface area (Å²) in [6.45, 7) is 7.44. The summed E-state index contributed by atoms with van der Waals surface area (Å²) >= 11 is 6.37. The average molecular weight is 570 g/mol. The minimum Gasteiger partial charge on any atom is -0.355 e. The van der Waals surface area contributed by atoms with Gasteiger partial charge in [0.15, 0.2) is 0 Å². The van der Waals surface area contributed by atoms with E-state index in [1.54, 1.807) is 37.3 Å². The molecule has 9 heteroatoms. The summed E-state index contributed by atoms with van der Waals surface area (Å²) in [7, 11) is -4.14. The van der Waals surface area contributed by atoms with Gasteiger partial charge in [-0.25, -0.2) is 8.42 Å². The number of anilines is 1. The molecule has 3 aromatic carbocycles. The summed E-state index contributed by atoms with van der Waals surface area (Å²) in [6, 6.07) is 20.4. The van der Waals surface area contributed by atoms with Crippen LogP contribution >= 0.6 is 11.6 Å². The number of hydrogen-bond acceptors (Lipinski definition) is 4. The van der Waals surface area contributed by atoms with Crippen molar-refractivity contribution in [2.45, 2.75) is 51.5 Å². The second kappa shape index (κ2) is 13.6. The van der Waals surface area contributed by atoms with Crippen molar-refractivity contribution in [2.24, 2.45) is 0 Å². The van der Waals surface area contributed by atoms with Gasteiger partial charge in [-0.15, -0.1) is 0 Å². The summed E-state index contributed by atoms with van der Waals surface area (Å²) < 4.78 is 29.0. The molecule has 0 unspecified atom stereocenters. The Morgan fingerprint density at radius 3 is 2.21 bits per heavy atom. The largest absolute Gasteiger partial charge is 0.355 e. The highest BCUT2D eigenvalue weighted by Gasteiger charge is 2.34. The van der Waals surface area contributed by atoms with Crippen LogP contribution in [0.15, 0.2) is 77.7 Å². The third kappa shape index (κ3) is 7.40. The maximum Gasteiger partial charge on any atom is 0.264 e. The van der Waals surface area contributed by atoms with E-state index in [1.807, 2.05) is 51.1 Å². The van der Waals surface area contributed by atoms with E-state index in [2.05, 4.69) is 5.32 Å². The van der Waals surface area contributed by atoms with Gasteiger partial charge in [-0.3, -0.25) is 13.9 Å². The van der Waals surface area contributed by atoms with Crippen molar-refractivity contribution in [2.75, 3.05) is 23.9 Å². The first kappa shape index (κ1) is 30.2. The van der Waals surface area contributed by atoms with Crippen LogP contribution in [0.1, 0.15) is 37.0 Å². The molecular weight excluding hydrogens is 534 g/mol. The maximum atomic E-state index is 14.0. The van der Waals surface area contributed by atoms with Crippen LogP contribution in [0.4, 0.5) is 5.69 Å². The Balaban J connectivity index is 2.05. The van der Waals surface area contributed by atoms with Crippen LogP contribution < -0.4 is 9.62 Å². The quantitative estimate of drug-likeness (QED) is 0.327. The van der Waals surface area contributed by atoms with Gasteiger partial charge in [-0.2, -0.15) is 0 Å².